The highest BCUT2D eigenvalue weighted by atomic mass is 79.9. The van der Waals surface area contributed by atoms with Gasteiger partial charge in [0.1, 0.15) is 5.82 Å². The monoisotopic (exact) mass is 438 g/mol. The van der Waals surface area contributed by atoms with Crippen molar-refractivity contribution in [2.45, 2.75) is 13.5 Å². The zero-order chi connectivity index (χ0) is 19.8. The van der Waals surface area contributed by atoms with Gasteiger partial charge in [-0.2, -0.15) is 5.10 Å². The minimum atomic E-state index is -0.0544. The molecule has 3 aromatic heterocycles. The molecule has 0 aliphatic rings. The lowest BCUT2D eigenvalue weighted by molar-refractivity contribution is 0.0751. The molecule has 0 aliphatic carbocycles. The number of carbonyl (C=O) groups is 1. The molecule has 0 unspecified atom stereocenters. The Balaban J connectivity index is 1.73. The molecule has 1 amide bonds. The molecular weight excluding hydrogens is 420 g/mol. The van der Waals surface area contributed by atoms with Crippen molar-refractivity contribution in [3.05, 3.63) is 58.5 Å². The summed E-state index contributed by atoms with van der Waals surface area (Å²) in [5, 5.41) is 5.92. The van der Waals surface area contributed by atoms with Crippen molar-refractivity contribution < 1.29 is 4.79 Å². The van der Waals surface area contributed by atoms with E-state index in [4.69, 9.17) is 5.73 Å². The molecule has 1 aromatic carbocycles. The average Bonchev–Trinajstić information content (AvgIpc) is 3.09. The van der Waals surface area contributed by atoms with Gasteiger partial charge < -0.3 is 10.6 Å². The van der Waals surface area contributed by atoms with Crippen molar-refractivity contribution in [2.24, 2.45) is 7.05 Å². The molecule has 4 rings (SSSR count). The maximum absolute atomic E-state index is 13.1. The second kappa shape index (κ2) is 7.20. The maximum Gasteiger partial charge on any atom is 0.254 e. The molecule has 142 valence electrons. The van der Waals surface area contributed by atoms with Crippen LogP contribution in [0.25, 0.3) is 21.8 Å². The summed E-state index contributed by atoms with van der Waals surface area (Å²) in [6.07, 6.45) is 3.43. The van der Waals surface area contributed by atoms with Crippen molar-refractivity contribution in [3.63, 3.8) is 0 Å². The van der Waals surface area contributed by atoms with E-state index in [0.717, 1.165) is 32.0 Å². The van der Waals surface area contributed by atoms with E-state index in [9.17, 15) is 4.79 Å². The summed E-state index contributed by atoms with van der Waals surface area (Å²) in [5.74, 6) is 0.382. The fourth-order valence-corrected chi connectivity index (χ4v) is 3.53. The number of halogens is 1. The number of rotatable bonds is 4. The molecule has 0 saturated heterocycles. The molecule has 0 saturated carbocycles. The third kappa shape index (κ3) is 3.20. The molecule has 0 radical (unpaired) electrons. The number of amides is 1. The van der Waals surface area contributed by atoms with Crippen molar-refractivity contribution >= 4 is 49.5 Å². The summed E-state index contributed by atoms with van der Waals surface area (Å²) in [5.41, 5.74) is 9.09. The predicted octanol–water partition coefficient (Wildman–Crippen LogP) is 3.52. The number of fused-ring (bicyclic) bond motifs is 3. The van der Waals surface area contributed by atoms with Crippen LogP contribution < -0.4 is 5.73 Å². The van der Waals surface area contributed by atoms with Crippen molar-refractivity contribution in [1.82, 2.24) is 24.6 Å². The van der Waals surface area contributed by atoms with Gasteiger partial charge in [0, 0.05) is 35.2 Å². The summed E-state index contributed by atoms with van der Waals surface area (Å²) in [4.78, 5) is 23.7. The number of benzene rings is 1. The van der Waals surface area contributed by atoms with Gasteiger partial charge in [0.25, 0.3) is 5.91 Å². The van der Waals surface area contributed by atoms with Crippen LogP contribution in [0, 0.1) is 0 Å². The summed E-state index contributed by atoms with van der Waals surface area (Å²) in [7, 11) is 1.85. The number of carbonyl (C=O) groups excluding carboxylic acids is 1. The molecule has 0 spiro atoms. The molecule has 7 nitrogen and oxygen atoms in total. The molecular formula is C20H19BrN6O. The van der Waals surface area contributed by atoms with Crippen LogP contribution in [0.15, 0.2) is 47.2 Å². The number of nitrogens with two attached hydrogens (primary N) is 1. The second-order valence-corrected chi connectivity index (χ2v) is 7.46. The Kier molecular flexibility index (Phi) is 4.72. The first-order valence-electron chi connectivity index (χ1n) is 8.88. The molecule has 2 N–H and O–H groups in total. The fourth-order valence-electron chi connectivity index (χ4n) is 3.30. The smallest absolute Gasteiger partial charge is 0.254 e. The molecule has 0 atom stereocenters. The highest BCUT2D eigenvalue weighted by Crippen LogP contribution is 2.28. The van der Waals surface area contributed by atoms with Crippen LogP contribution >= 0.6 is 15.9 Å². The number of hydrogen-bond donors (Lipinski definition) is 1. The number of aryl methyl sites for hydroxylation is 1. The van der Waals surface area contributed by atoms with Gasteiger partial charge in [0.05, 0.1) is 34.9 Å². The van der Waals surface area contributed by atoms with Crippen LogP contribution in [0.1, 0.15) is 23.0 Å². The standard InChI is InChI=1S/C20H19BrN6O/c1-3-27(11-14-6-5-13(21)9-23-14)20(28)12-4-7-17-15(8-12)18-16(19(22)25-17)10-24-26(18)2/h4-10H,3,11H2,1-2H3,(H2,22,25). The Labute approximate surface area is 170 Å². The summed E-state index contributed by atoms with van der Waals surface area (Å²) in [6.45, 7) is 2.98. The normalized spacial score (nSPS) is 11.2. The Morgan fingerprint density at radius 2 is 2.04 bits per heavy atom. The lowest BCUT2D eigenvalue weighted by Crippen LogP contribution is -2.30. The SMILES string of the molecule is CCN(Cc1ccc(Br)cn1)C(=O)c1ccc2nc(N)c3cnn(C)c3c2c1. The summed E-state index contributed by atoms with van der Waals surface area (Å²) in [6, 6.07) is 9.32. The largest absolute Gasteiger partial charge is 0.383 e. The molecule has 4 aromatic rings. The van der Waals surface area contributed by atoms with E-state index in [-0.39, 0.29) is 5.91 Å². The number of nitrogens with zero attached hydrogens (tertiary/aromatic N) is 5. The third-order valence-electron chi connectivity index (χ3n) is 4.76. The summed E-state index contributed by atoms with van der Waals surface area (Å²) >= 11 is 3.38. The molecule has 28 heavy (non-hydrogen) atoms. The topological polar surface area (TPSA) is 89.9 Å². The maximum atomic E-state index is 13.1. The first-order chi connectivity index (χ1) is 13.5. The van der Waals surface area contributed by atoms with Gasteiger partial charge in [-0.15, -0.1) is 0 Å². The van der Waals surface area contributed by atoms with E-state index in [1.54, 1.807) is 28.0 Å². The van der Waals surface area contributed by atoms with Gasteiger partial charge in [-0.25, -0.2) is 4.98 Å². The number of aromatic nitrogens is 4. The Morgan fingerprint density at radius 3 is 2.75 bits per heavy atom. The fraction of sp³-hybridized carbons (Fsp3) is 0.200. The minimum absolute atomic E-state index is 0.0544. The Bertz CT molecular complexity index is 1180. The van der Waals surface area contributed by atoms with E-state index in [1.807, 2.05) is 38.2 Å². The van der Waals surface area contributed by atoms with Gasteiger partial charge in [0.2, 0.25) is 0 Å². The number of anilines is 1. The van der Waals surface area contributed by atoms with Crippen LogP contribution in [-0.2, 0) is 13.6 Å². The quantitative estimate of drug-likeness (QED) is 0.526. The minimum Gasteiger partial charge on any atom is -0.383 e. The molecule has 0 aliphatic heterocycles. The van der Waals surface area contributed by atoms with Crippen molar-refractivity contribution in [2.75, 3.05) is 12.3 Å². The van der Waals surface area contributed by atoms with Gasteiger partial charge in [-0.1, -0.05) is 0 Å². The lowest BCUT2D eigenvalue weighted by atomic mass is 10.1. The number of nitrogen functional groups attached to an aromatic ring is 1. The van der Waals surface area contributed by atoms with Crippen LogP contribution in [-0.4, -0.2) is 37.1 Å². The summed E-state index contributed by atoms with van der Waals surface area (Å²) < 4.78 is 2.67. The molecule has 0 bridgehead atoms. The zero-order valence-electron chi connectivity index (χ0n) is 15.6. The predicted molar refractivity (Wildman–Crippen MR) is 113 cm³/mol. The highest BCUT2D eigenvalue weighted by Gasteiger charge is 2.18. The molecule has 8 heteroatoms. The zero-order valence-corrected chi connectivity index (χ0v) is 17.1. The van der Waals surface area contributed by atoms with E-state index < -0.39 is 0 Å². The second-order valence-electron chi connectivity index (χ2n) is 6.55. The Hall–Kier alpha value is -3.00. The van der Waals surface area contributed by atoms with Crippen molar-refractivity contribution in [1.29, 1.82) is 0 Å². The third-order valence-corrected chi connectivity index (χ3v) is 5.23. The van der Waals surface area contributed by atoms with Gasteiger partial charge in [-0.05, 0) is 53.2 Å². The van der Waals surface area contributed by atoms with Crippen LogP contribution in [0.5, 0.6) is 0 Å². The Morgan fingerprint density at radius 1 is 1.21 bits per heavy atom. The first kappa shape index (κ1) is 18.4. The lowest BCUT2D eigenvalue weighted by Gasteiger charge is -2.21. The number of pyridine rings is 2. The molecule has 3 heterocycles. The van der Waals surface area contributed by atoms with E-state index in [2.05, 4.69) is 31.0 Å². The van der Waals surface area contributed by atoms with E-state index in [0.29, 0.717) is 24.5 Å². The average molecular weight is 439 g/mol. The first-order valence-corrected chi connectivity index (χ1v) is 9.68. The van der Waals surface area contributed by atoms with Crippen molar-refractivity contribution in [3.8, 4) is 0 Å². The number of hydrogen-bond acceptors (Lipinski definition) is 5. The van der Waals surface area contributed by atoms with Crippen LogP contribution in [0.3, 0.4) is 0 Å². The van der Waals surface area contributed by atoms with Gasteiger partial charge >= 0.3 is 0 Å². The van der Waals surface area contributed by atoms with E-state index >= 15 is 0 Å². The van der Waals surface area contributed by atoms with Crippen LogP contribution in [0.2, 0.25) is 0 Å². The van der Waals surface area contributed by atoms with E-state index in [1.165, 1.54) is 0 Å². The van der Waals surface area contributed by atoms with Gasteiger partial charge in [0.15, 0.2) is 0 Å². The highest BCUT2D eigenvalue weighted by molar-refractivity contribution is 9.10. The molecule has 0 fully saturated rings. The van der Waals surface area contributed by atoms with Crippen LogP contribution in [0.4, 0.5) is 5.82 Å². The van der Waals surface area contributed by atoms with Gasteiger partial charge in [-0.3, -0.25) is 14.5 Å².